The number of aliphatic carboxylic acids is 1. The van der Waals surface area contributed by atoms with Gasteiger partial charge in [-0.1, -0.05) is 42.5 Å². The average molecular weight is 395 g/mol. The second-order valence-corrected chi connectivity index (χ2v) is 6.97. The van der Waals surface area contributed by atoms with E-state index in [1.165, 1.54) is 17.0 Å². The lowest BCUT2D eigenvalue weighted by Crippen LogP contribution is -2.40. The van der Waals surface area contributed by atoms with E-state index in [1.54, 1.807) is 19.1 Å². The standard InChI is InChI=1S/C21H21N3O5/c1-21(19(28)22-20(29)23-21)16-9-7-15(8-10-16)18(27)24(13-17(25)26)12-11-14-5-3-2-4-6-14/h2-10H,11-13H2,1H3,(H,25,26)(H2,22,23,28,29)/t21-/m1/s1. The van der Waals surface area contributed by atoms with Crippen molar-refractivity contribution in [2.75, 3.05) is 13.1 Å². The number of benzene rings is 2. The van der Waals surface area contributed by atoms with Crippen LogP contribution in [0.25, 0.3) is 0 Å². The van der Waals surface area contributed by atoms with Crippen molar-refractivity contribution in [1.29, 1.82) is 0 Å². The van der Waals surface area contributed by atoms with Crippen molar-refractivity contribution in [3.05, 3.63) is 71.3 Å². The van der Waals surface area contributed by atoms with E-state index in [2.05, 4.69) is 10.6 Å². The number of urea groups is 1. The van der Waals surface area contributed by atoms with Gasteiger partial charge in [-0.2, -0.15) is 0 Å². The second kappa shape index (κ2) is 8.14. The van der Waals surface area contributed by atoms with Crippen molar-refractivity contribution in [3.63, 3.8) is 0 Å². The van der Waals surface area contributed by atoms with Gasteiger partial charge >= 0.3 is 12.0 Å². The highest BCUT2D eigenvalue weighted by Crippen LogP contribution is 2.24. The fraction of sp³-hybridized carbons (Fsp3) is 0.238. The topological polar surface area (TPSA) is 116 Å². The van der Waals surface area contributed by atoms with E-state index in [0.717, 1.165) is 5.56 Å². The number of carbonyl (C=O) groups excluding carboxylic acids is 3. The summed E-state index contributed by atoms with van der Waals surface area (Å²) in [6, 6.07) is 15.1. The van der Waals surface area contributed by atoms with Crippen LogP contribution in [0.4, 0.5) is 4.79 Å². The van der Waals surface area contributed by atoms with E-state index in [-0.39, 0.29) is 6.54 Å². The van der Waals surface area contributed by atoms with Crippen LogP contribution in [0.2, 0.25) is 0 Å². The number of hydrogen-bond acceptors (Lipinski definition) is 4. The van der Waals surface area contributed by atoms with Crippen LogP contribution in [0.15, 0.2) is 54.6 Å². The Bertz CT molecular complexity index is 943. The predicted molar refractivity (Wildman–Crippen MR) is 104 cm³/mol. The van der Waals surface area contributed by atoms with Gasteiger partial charge in [-0.25, -0.2) is 4.79 Å². The zero-order valence-electron chi connectivity index (χ0n) is 15.8. The number of rotatable bonds is 7. The Kier molecular flexibility index (Phi) is 5.63. The monoisotopic (exact) mass is 395 g/mol. The quantitative estimate of drug-likeness (QED) is 0.615. The third-order valence-corrected chi connectivity index (χ3v) is 4.88. The van der Waals surface area contributed by atoms with Gasteiger partial charge in [0.1, 0.15) is 12.1 Å². The molecule has 2 aromatic carbocycles. The molecule has 0 aromatic heterocycles. The zero-order valence-corrected chi connectivity index (χ0v) is 15.8. The first-order valence-electron chi connectivity index (χ1n) is 9.09. The Morgan fingerprint density at radius 3 is 2.24 bits per heavy atom. The molecule has 1 aliphatic rings. The predicted octanol–water partition coefficient (Wildman–Crippen LogP) is 1.51. The number of amides is 4. The highest BCUT2D eigenvalue weighted by Gasteiger charge is 2.43. The summed E-state index contributed by atoms with van der Waals surface area (Å²) in [6.07, 6.45) is 0.530. The fourth-order valence-corrected chi connectivity index (χ4v) is 3.20. The van der Waals surface area contributed by atoms with Crippen LogP contribution in [-0.4, -0.2) is 46.9 Å². The summed E-state index contributed by atoms with van der Waals surface area (Å²) in [6.45, 7) is 1.41. The molecule has 1 heterocycles. The van der Waals surface area contributed by atoms with Crippen LogP contribution in [0.1, 0.15) is 28.4 Å². The summed E-state index contributed by atoms with van der Waals surface area (Å²) in [5.41, 5.74) is 0.608. The van der Waals surface area contributed by atoms with Crippen molar-refractivity contribution in [1.82, 2.24) is 15.5 Å². The van der Waals surface area contributed by atoms with Gasteiger partial charge in [0.25, 0.3) is 11.8 Å². The van der Waals surface area contributed by atoms with Crippen molar-refractivity contribution < 1.29 is 24.3 Å². The van der Waals surface area contributed by atoms with E-state index < -0.39 is 35.9 Å². The van der Waals surface area contributed by atoms with E-state index in [4.69, 9.17) is 0 Å². The van der Waals surface area contributed by atoms with E-state index in [1.807, 2.05) is 30.3 Å². The molecular weight excluding hydrogens is 374 g/mol. The lowest BCUT2D eigenvalue weighted by atomic mass is 9.91. The van der Waals surface area contributed by atoms with Crippen LogP contribution in [0.5, 0.6) is 0 Å². The number of imide groups is 1. The number of carbonyl (C=O) groups is 4. The number of carboxylic acid groups (broad SMARTS) is 1. The van der Waals surface area contributed by atoms with Gasteiger partial charge in [-0.15, -0.1) is 0 Å². The van der Waals surface area contributed by atoms with Gasteiger partial charge < -0.3 is 15.3 Å². The normalized spacial score (nSPS) is 18.1. The molecule has 150 valence electrons. The van der Waals surface area contributed by atoms with Gasteiger partial charge in [0, 0.05) is 12.1 Å². The molecule has 29 heavy (non-hydrogen) atoms. The first-order chi connectivity index (χ1) is 13.8. The van der Waals surface area contributed by atoms with E-state index in [9.17, 15) is 24.3 Å². The molecule has 3 N–H and O–H groups in total. The molecule has 0 radical (unpaired) electrons. The molecule has 2 aromatic rings. The molecule has 0 unspecified atom stereocenters. The molecule has 1 atom stereocenters. The van der Waals surface area contributed by atoms with Crippen molar-refractivity contribution in [2.24, 2.45) is 0 Å². The molecule has 8 nitrogen and oxygen atoms in total. The van der Waals surface area contributed by atoms with Gasteiger partial charge in [0.2, 0.25) is 0 Å². The Balaban J connectivity index is 1.76. The molecule has 0 spiro atoms. The first-order valence-corrected chi connectivity index (χ1v) is 9.09. The van der Waals surface area contributed by atoms with Crippen LogP contribution in [0, 0.1) is 0 Å². The average Bonchev–Trinajstić information content (AvgIpc) is 2.97. The molecule has 3 rings (SSSR count). The summed E-state index contributed by atoms with van der Waals surface area (Å²) >= 11 is 0. The Hall–Kier alpha value is -3.68. The summed E-state index contributed by atoms with van der Waals surface area (Å²) < 4.78 is 0. The molecule has 0 saturated carbocycles. The van der Waals surface area contributed by atoms with Crippen LogP contribution in [0.3, 0.4) is 0 Å². The van der Waals surface area contributed by atoms with Gasteiger partial charge in [-0.05, 0) is 36.6 Å². The largest absolute Gasteiger partial charge is 0.480 e. The number of carboxylic acids is 1. The minimum absolute atomic E-state index is 0.257. The van der Waals surface area contributed by atoms with Crippen molar-refractivity contribution >= 4 is 23.8 Å². The third kappa shape index (κ3) is 4.43. The summed E-state index contributed by atoms with van der Waals surface area (Å²) in [7, 11) is 0. The highest BCUT2D eigenvalue weighted by atomic mass is 16.4. The lowest BCUT2D eigenvalue weighted by molar-refractivity contribution is -0.137. The number of nitrogens with one attached hydrogen (secondary N) is 2. The maximum absolute atomic E-state index is 12.8. The first kappa shape index (κ1) is 20.1. The highest BCUT2D eigenvalue weighted by molar-refractivity contribution is 6.07. The summed E-state index contributed by atoms with van der Waals surface area (Å²) in [5, 5.41) is 13.9. The van der Waals surface area contributed by atoms with Crippen molar-refractivity contribution in [3.8, 4) is 0 Å². The molecule has 8 heteroatoms. The van der Waals surface area contributed by atoms with E-state index in [0.29, 0.717) is 17.5 Å². The molecular formula is C21H21N3O5. The zero-order chi connectivity index (χ0) is 21.0. The molecule has 1 aliphatic heterocycles. The SMILES string of the molecule is C[C@]1(c2ccc(C(=O)N(CCc3ccccc3)CC(=O)O)cc2)NC(=O)NC1=O. The summed E-state index contributed by atoms with van der Waals surface area (Å²) in [5.74, 6) is -1.99. The van der Waals surface area contributed by atoms with Gasteiger partial charge in [0.05, 0.1) is 0 Å². The van der Waals surface area contributed by atoms with Gasteiger partial charge in [0.15, 0.2) is 0 Å². The van der Waals surface area contributed by atoms with Gasteiger partial charge in [-0.3, -0.25) is 19.7 Å². The second-order valence-electron chi connectivity index (χ2n) is 6.97. The molecule has 4 amide bonds. The minimum atomic E-state index is -1.22. The van der Waals surface area contributed by atoms with Crippen LogP contribution >= 0.6 is 0 Å². The maximum atomic E-state index is 12.8. The number of hydrogen-bond donors (Lipinski definition) is 3. The summed E-state index contributed by atoms with van der Waals surface area (Å²) in [4.78, 5) is 48.8. The van der Waals surface area contributed by atoms with Crippen LogP contribution < -0.4 is 10.6 Å². The molecule has 0 bridgehead atoms. The molecule has 1 fully saturated rings. The van der Waals surface area contributed by atoms with Crippen LogP contribution in [-0.2, 0) is 21.5 Å². The molecule has 0 aliphatic carbocycles. The Morgan fingerprint density at radius 2 is 1.69 bits per heavy atom. The Morgan fingerprint density at radius 1 is 1.03 bits per heavy atom. The number of nitrogens with zero attached hydrogens (tertiary/aromatic N) is 1. The minimum Gasteiger partial charge on any atom is -0.480 e. The Labute approximate surface area is 167 Å². The van der Waals surface area contributed by atoms with E-state index >= 15 is 0 Å². The molecule has 1 saturated heterocycles. The lowest BCUT2D eigenvalue weighted by Gasteiger charge is -2.23. The van der Waals surface area contributed by atoms with Crippen molar-refractivity contribution in [2.45, 2.75) is 18.9 Å². The fourth-order valence-electron chi connectivity index (χ4n) is 3.20. The third-order valence-electron chi connectivity index (χ3n) is 4.88. The smallest absolute Gasteiger partial charge is 0.323 e. The maximum Gasteiger partial charge on any atom is 0.323 e.